The minimum absolute atomic E-state index is 0.205. The van der Waals surface area contributed by atoms with Crippen LogP contribution in [0.3, 0.4) is 0 Å². The molecular weight excluding hydrogens is 350 g/mol. The van der Waals surface area contributed by atoms with E-state index >= 15 is 0 Å². The molecule has 26 heavy (non-hydrogen) atoms. The van der Waals surface area contributed by atoms with E-state index in [1.807, 2.05) is 43.3 Å². The molecule has 1 heterocycles. The van der Waals surface area contributed by atoms with E-state index in [9.17, 15) is 13.2 Å². The zero-order valence-electron chi connectivity index (χ0n) is 14.5. The van der Waals surface area contributed by atoms with Gasteiger partial charge in [0, 0.05) is 18.2 Å². The summed E-state index contributed by atoms with van der Waals surface area (Å²) in [6, 6.07) is 15.7. The van der Waals surface area contributed by atoms with Gasteiger partial charge in [0.2, 0.25) is 10.0 Å². The highest BCUT2D eigenvalue weighted by Gasteiger charge is 2.19. The highest BCUT2D eigenvalue weighted by atomic mass is 32.2. The lowest BCUT2D eigenvalue weighted by atomic mass is 10.0. The molecule has 0 saturated heterocycles. The van der Waals surface area contributed by atoms with Crippen LogP contribution in [0, 0.1) is 13.8 Å². The molecule has 7 heteroatoms. The van der Waals surface area contributed by atoms with Crippen molar-refractivity contribution < 1.29 is 8.42 Å². The van der Waals surface area contributed by atoms with Gasteiger partial charge in [-0.25, -0.2) is 18.2 Å². The van der Waals surface area contributed by atoms with E-state index in [2.05, 4.69) is 14.9 Å². The minimum atomic E-state index is -3.70. The van der Waals surface area contributed by atoms with Crippen LogP contribution in [-0.2, 0) is 16.6 Å². The number of hydrogen-bond donors (Lipinski definition) is 2. The molecule has 6 nitrogen and oxygen atoms in total. The maximum absolute atomic E-state index is 12.8. The Kier molecular flexibility index (Phi) is 5.01. The largest absolute Gasteiger partial charge is 0.268 e. The van der Waals surface area contributed by atoms with Crippen molar-refractivity contribution in [3.05, 3.63) is 81.6 Å². The fourth-order valence-electron chi connectivity index (χ4n) is 2.61. The average molecular weight is 369 g/mol. The predicted molar refractivity (Wildman–Crippen MR) is 100 cm³/mol. The molecule has 0 fully saturated rings. The molecule has 0 bridgehead atoms. The van der Waals surface area contributed by atoms with E-state index in [0.29, 0.717) is 16.8 Å². The van der Waals surface area contributed by atoms with Crippen LogP contribution in [0.15, 0.2) is 64.3 Å². The maximum atomic E-state index is 12.8. The lowest BCUT2D eigenvalue weighted by Crippen LogP contribution is -2.24. The van der Waals surface area contributed by atoms with Crippen LogP contribution < -0.4 is 10.3 Å². The van der Waals surface area contributed by atoms with Crippen molar-refractivity contribution in [1.29, 1.82) is 0 Å². The van der Waals surface area contributed by atoms with E-state index < -0.39 is 10.0 Å². The number of nitrogens with one attached hydrogen (secondary N) is 2. The number of H-pyrrole nitrogens is 1. The van der Waals surface area contributed by atoms with Crippen LogP contribution in [-0.4, -0.2) is 18.6 Å². The molecule has 2 aromatic carbocycles. The summed E-state index contributed by atoms with van der Waals surface area (Å²) in [6.07, 6.45) is 0. The van der Waals surface area contributed by atoms with Gasteiger partial charge in [-0.2, -0.15) is 5.10 Å². The predicted octanol–water partition coefficient (Wildman–Crippen LogP) is 2.53. The quantitative estimate of drug-likeness (QED) is 0.723. The van der Waals surface area contributed by atoms with Crippen LogP contribution in [0.5, 0.6) is 0 Å². The lowest BCUT2D eigenvalue weighted by molar-refractivity contribution is 0.580. The molecule has 2 N–H and O–H groups in total. The van der Waals surface area contributed by atoms with E-state index in [1.165, 1.54) is 6.07 Å². The Morgan fingerprint density at radius 2 is 1.77 bits per heavy atom. The molecule has 0 atom stereocenters. The van der Waals surface area contributed by atoms with Gasteiger partial charge in [-0.15, -0.1) is 0 Å². The Labute approximate surface area is 152 Å². The second-order valence-electron chi connectivity index (χ2n) is 6.03. The topological polar surface area (TPSA) is 91.9 Å². The van der Waals surface area contributed by atoms with Crippen LogP contribution in [0.25, 0.3) is 11.3 Å². The first-order valence-electron chi connectivity index (χ1n) is 8.08. The minimum Gasteiger partial charge on any atom is -0.268 e. The normalized spacial score (nSPS) is 11.5. The van der Waals surface area contributed by atoms with Crippen LogP contribution in [0.2, 0.25) is 0 Å². The average Bonchev–Trinajstić information content (AvgIpc) is 2.63. The van der Waals surface area contributed by atoms with Crippen molar-refractivity contribution in [2.24, 2.45) is 0 Å². The molecule has 0 saturated carbocycles. The number of aromatic amines is 1. The highest BCUT2D eigenvalue weighted by Crippen LogP contribution is 2.26. The first-order chi connectivity index (χ1) is 12.4. The summed E-state index contributed by atoms with van der Waals surface area (Å²) in [4.78, 5) is 11.4. The molecule has 3 rings (SSSR count). The Bertz CT molecular complexity index is 1070. The Morgan fingerprint density at radius 3 is 2.42 bits per heavy atom. The summed E-state index contributed by atoms with van der Waals surface area (Å²) < 4.78 is 28.3. The molecule has 3 aromatic rings. The Balaban J connectivity index is 1.97. The number of aromatic nitrogens is 2. The van der Waals surface area contributed by atoms with E-state index in [4.69, 9.17) is 0 Å². The Morgan fingerprint density at radius 1 is 1.04 bits per heavy atom. The molecule has 0 unspecified atom stereocenters. The fourth-order valence-corrected chi connectivity index (χ4v) is 3.97. The zero-order chi connectivity index (χ0) is 18.7. The molecule has 0 aliphatic heterocycles. The van der Waals surface area contributed by atoms with Crippen LogP contribution in [0.1, 0.15) is 16.7 Å². The SMILES string of the molecule is Cc1cc(-c2ccc(=O)[nH]n2)cc(S(=O)(=O)NCc2ccccc2)c1C. The summed E-state index contributed by atoms with van der Waals surface area (Å²) in [5, 5.41) is 6.35. The van der Waals surface area contributed by atoms with Crippen LogP contribution >= 0.6 is 0 Å². The molecule has 134 valence electrons. The summed E-state index contributed by atoms with van der Waals surface area (Å²) >= 11 is 0. The summed E-state index contributed by atoms with van der Waals surface area (Å²) in [6.45, 7) is 3.83. The van der Waals surface area contributed by atoms with Crippen LogP contribution in [0.4, 0.5) is 0 Å². The number of sulfonamides is 1. The molecule has 0 amide bonds. The van der Waals surface area contributed by atoms with Gasteiger partial charge in [0.15, 0.2) is 0 Å². The molecule has 0 aliphatic carbocycles. The zero-order valence-corrected chi connectivity index (χ0v) is 15.3. The van der Waals surface area contributed by atoms with Crippen molar-refractivity contribution in [2.75, 3.05) is 0 Å². The third kappa shape index (κ3) is 3.89. The number of benzene rings is 2. The number of aryl methyl sites for hydroxylation is 1. The van der Waals surface area contributed by atoms with Gasteiger partial charge in [0.25, 0.3) is 5.56 Å². The number of nitrogens with zero attached hydrogens (tertiary/aromatic N) is 1. The number of hydrogen-bond acceptors (Lipinski definition) is 4. The first kappa shape index (κ1) is 18.0. The van der Waals surface area contributed by atoms with Crippen molar-refractivity contribution in [1.82, 2.24) is 14.9 Å². The molecule has 0 spiro atoms. The molecule has 0 aliphatic rings. The van der Waals surface area contributed by atoms with Crippen molar-refractivity contribution >= 4 is 10.0 Å². The van der Waals surface area contributed by atoms with Gasteiger partial charge in [0.05, 0.1) is 10.6 Å². The van der Waals surface area contributed by atoms with Gasteiger partial charge in [0.1, 0.15) is 0 Å². The first-order valence-corrected chi connectivity index (χ1v) is 9.56. The molecular formula is C19H19N3O3S. The number of rotatable bonds is 5. The summed E-state index contributed by atoms with van der Waals surface area (Å²) in [5.74, 6) is 0. The van der Waals surface area contributed by atoms with Gasteiger partial charge >= 0.3 is 0 Å². The van der Waals surface area contributed by atoms with Gasteiger partial charge in [-0.3, -0.25) is 4.79 Å². The monoisotopic (exact) mass is 369 g/mol. The second kappa shape index (κ2) is 7.23. The summed E-state index contributed by atoms with van der Waals surface area (Å²) in [5.41, 5.74) is 3.21. The molecule has 0 radical (unpaired) electrons. The third-order valence-electron chi connectivity index (χ3n) is 4.19. The van der Waals surface area contributed by atoms with E-state index in [0.717, 1.165) is 11.1 Å². The highest BCUT2D eigenvalue weighted by molar-refractivity contribution is 7.89. The van der Waals surface area contributed by atoms with E-state index in [1.54, 1.807) is 19.1 Å². The second-order valence-corrected chi connectivity index (χ2v) is 7.77. The van der Waals surface area contributed by atoms with Gasteiger partial charge in [-0.05, 0) is 48.7 Å². The van der Waals surface area contributed by atoms with Gasteiger partial charge in [-0.1, -0.05) is 30.3 Å². The molecule has 1 aromatic heterocycles. The standard InChI is InChI=1S/C19H19N3O3S/c1-13-10-16(17-8-9-19(23)22-21-17)11-18(14(13)2)26(24,25)20-12-15-6-4-3-5-7-15/h3-11,20H,12H2,1-2H3,(H,22,23). The fraction of sp³-hybridized carbons (Fsp3) is 0.158. The van der Waals surface area contributed by atoms with E-state index in [-0.39, 0.29) is 17.0 Å². The Hall–Kier alpha value is -2.77. The van der Waals surface area contributed by atoms with Gasteiger partial charge < -0.3 is 0 Å². The third-order valence-corrected chi connectivity index (χ3v) is 5.72. The lowest BCUT2D eigenvalue weighted by Gasteiger charge is -2.13. The van der Waals surface area contributed by atoms with Crippen molar-refractivity contribution in [3.63, 3.8) is 0 Å². The maximum Gasteiger partial charge on any atom is 0.264 e. The smallest absolute Gasteiger partial charge is 0.264 e. The summed E-state index contributed by atoms with van der Waals surface area (Å²) in [7, 11) is -3.70. The van der Waals surface area contributed by atoms with Crippen molar-refractivity contribution in [3.8, 4) is 11.3 Å². The van der Waals surface area contributed by atoms with Crippen molar-refractivity contribution in [2.45, 2.75) is 25.3 Å².